The van der Waals surface area contributed by atoms with Crippen LogP contribution in [0.4, 0.5) is 0 Å². The summed E-state index contributed by atoms with van der Waals surface area (Å²) in [5.74, 6) is 0.661. The first-order valence-corrected chi connectivity index (χ1v) is 5.15. The summed E-state index contributed by atoms with van der Waals surface area (Å²) < 4.78 is 1.91. The minimum absolute atomic E-state index is 0.661. The zero-order valence-electron chi connectivity index (χ0n) is 9.17. The molecular formula is C11H20N2. The Hall–Kier alpha value is -0.790. The van der Waals surface area contributed by atoms with Gasteiger partial charge < -0.3 is 0 Å². The molecule has 0 spiro atoms. The average molecular weight is 180 g/mol. The summed E-state index contributed by atoms with van der Waals surface area (Å²) in [6, 6.07) is 0. The van der Waals surface area contributed by atoms with Gasteiger partial charge in [-0.05, 0) is 24.8 Å². The lowest BCUT2D eigenvalue weighted by molar-refractivity contribution is 0.621. The van der Waals surface area contributed by atoms with Crippen LogP contribution >= 0.6 is 0 Å². The third kappa shape index (κ3) is 2.58. The highest BCUT2D eigenvalue weighted by Crippen LogP contribution is 2.23. The van der Waals surface area contributed by atoms with Crippen molar-refractivity contribution in [2.75, 3.05) is 0 Å². The van der Waals surface area contributed by atoms with Gasteiger partial charge in [0.25, 0.3) is 0 Å². The van der Waals surface area contributed by atoms with Crippen LogP contribution in [0, 0.1) is 6.92 Å². The van der Waals surface area contributed by atoms with E-state index in [1.165, 1.54) is 30.5 Å². The monoisotopic (exact) mass is 180 g/mol. The number of hydrogen-bond acceptors (Lipinski definition) is 1. The lowest BCUT2D eigenvalue weighted by Gasteiger charge is -2.08. The molecule has 0 aliphatic carbocycles. The molecule has 0 radical (unpaired) electrons. The largest absolute Gasteiger partial charge is 0.275 e. The molecule has 1 aromatic rings. The van der Waals surface area contributed by atoms with Crippen molar-refractivity contribution in [3.8, 4) is 0 Å². The van der Waals surface area contributed by atoms with Crippen molar-refractivity contribution in [3.63, 3.8) is 0 Å². The van der Waals surface area contributed by atoms with Gasteiger partial charge in [-0.3, -0.25) is 4.68 Å². The summed E-state index contributed by atoms with van der Waals surface area (Å²) >= 11 is 0. The highest BCUT2D eigenvalue weighted by atomic mass is 15.2. The van der Waals surface area contributed by atoms with E-state index in [1.54, 1.807) is 0 Å². The molecule has 0 saturated carbocycles. The molecule has 0 bridgehead atoms. The third-order valence-corrected chi connectivity index (χ3v) is 2.57. The molecule has 1 unspecified atom stereocenters. The topological polar surface area (TPSA) is 17.8 Å². The van der Waals surface area contributed by atoms with Gasteiger partial charge >= 0.3 is 0 Å². The Morgan fingerprint density at radius 1 is 1.54 bits per heavy atom. The van der Waals surface area contributed by atoms with Crippen LogP contribution in [0.15, 0.2) is 6.20 Å². The molecule has 74 valence electrons. The van der Waals surface area contributed by atoms with Crippen LogP contribution in [0.1, 0.15) is 50.3 Å². The maximum absolute atomic E-state index is 4.36. The molecular weight excluding hydrogens is 160 g/mol. The van der Waals surface area contributed by atoms with Crippen molar-refractivity contribution in [1.29, 1.82) is 0 Å². The van der Waals surface area contributed by atoms with Gasteiger partial charge in [-0.2, -0.15) is 5.10 Å². The SMILES string of the molecule is CCCCC(C)c1cn(C)nc1C. The van der Waals surface area contributed by atoms with Gasteiger partial charge in [0, 0.05) is 13.2 Å². The molecule has 0 fully saturated rings. The van der Waals surface area contributed by atoms with Crippen LogP contribution in [0.2, 0.25) is 0 Å². The Kier molecular flexibility index (Phi) is 3.52. The first-order valence-electron chi connectivity index (χ1n) is 5.15. The maximum atomic E-state index is 4.36. The summed E-state index contributed by atoms with van der Waals surface area (Å²) in [5.41, 5.74) is 2.60. The minimum Gasteiger partial charge on any atom is -0.275 e. The van der Waals surface area contributed by atoms with E-state index in [1.807, 2.05) is 11.7 Å². The molecule has 0 aromatic carbocycles. The van der Waals surface area contributed by atoms with E-state index >= 15 is 0 Å². The normalized spacial score (nSPS) is 13.2. The summed E-state index contributed by atoms with van der Waals surface area (Å²) in [6.07, 6.45) is 6.03. The van der Waals surface area contributed by atoms with Gasteiger partial charge in [0.2, 0.25) is 0 Å². The van der Waals surface area contributed by atoms with E-state index in [-0.39, 0.29) is 0 Å². The van der Waals surface area contributed by atoms with Crippen LogP contribution in [-0.2, 0) is 7.05 Å². The van der Waals surface area contributed by atoms with Gasteiger partial charge in [0.05, 0.1) is 5.69 Å². The minimum atomic E-state index is 0.661. The molecule has 0 amide bonds. The predicted octanol–water partition coefficient (Wildman–Crippen LogP) is 3.02. The second kappa shape index (κ2) is 4.45. The quantitative estimate of drug-likeness (QED) is 0.696. The highest BCUT2D eigenvalue weighted by molar-refractivity contribution is 5.19. The van der Waals surface area contributed by atoms with E-state index in [2.05, 4.69) is 32.1 Å². The van der Waals surface area contributed by atoms with E-state index in [4.69, 9.17) is 0 Å². The van der Waals surface area contributed by atoms with Crippen LogP contribution < -0.4 is 0 Å². The third-order valence-electron chi connectivity index (χ3n) is 2.57. The molecule has 1 heterocycles. The molecule has 1 aromatic heterocycles. The molecule has 0 saturated heterocycles. The van der Waals surface area contributed by atoms with Crippen LogP contribution in [0.3, 0.4) is 0 Å². The smallest absolute Gasteiger partial charge is 0.0628 e. The van der Waals surface area contributed by atoms with Crippen molar-refractivity contribution >= 4 is 0 Å². The van der Waals surface area contributed by atoms with E-state index in [0.717, 1.165) is 0 Å². The van der Waals surface area contributed by atoms with Crippen LogP contribution in [0.5, 0.6) is 0 Å². The standard InChI is InChI=1S/C11H20N2/c1-5-6-7-9(2)11-8-13(4)12-10(11)3/h8-9H,5-7H2,1-4H3. The summed E-state index contributed by atoms with van der Waals surface area (Å²) in [7, 11) is 1.99. The number of aromatic nitrogens is 2. The molecule has 0 aliphatic heterocycles. The number of nitrogens with zero attached hydrogens (tertiary/aromatic N) is 2. The Bertz CT molecular complexity index is 263. The second-order valence-electron chi connectivity index (χ2n) is 3.89. The van der Waals surface area contributed by atoms with E-state index in [0.29, 0.717) is 5.92 Å². The summed E-state index contributed by atoms with van der Waals surface area (Å²) in [4.78, 5) is 0. The van der Waals surface area contributed by atoms with Crippen molar-refractivity contribution < 1.29 is 0 Å². The van der Waals surface area contributed by atoms with Gasteiger partial charge in [-0.15, -0.1) is 0 Å². The molecule has 1 rings (SSSR count). The Morgan fingerprint density at radius 2 is 2.23 bits per heavy atom. The van der Waals surface area contributed by atoms with Crippen molar-refractivity contribution in [2.45, 2.75) is 46.0 Å². The highest BCUT2D eigenvalue weighted by Gasteiger charge is 2.10. The molecule has 13 heavy (non-hydrogen) atoms. The average Bonchev–Trinajstić information content (AvgIpc) is 2.41. The maximum Gasteiger partial charge on any atom is 0.0628 e. The van der Waals surface area contributed by atoms with E-state index < -0.39 is 0 Å². The van der Waals surface area contributed by atoms with E-state index in [9.17, 15) is 0 Å². The number of rotatable bonds is 4. The van der Waals surface area contributed by atoms with Crippen LogP contribution in [-0.4, -0.2) is 9.78 Å². The van der Waals surface area contributed by atoms with Gasteiger partial charge in [-0.1, -0.05) is 26.7 Å². The molecule has 0 aliphatic rings. The lowest BCUT2D eigenvalue weighted by Crippen LogP contribution is -1.93. The molecule has 2 nitrogen and oxygen atoms in total. The van der Waals surface area contributed by atoms with Gasteiger partial charge in [0.1, 0.15) is 0 Å². The second-order valence-corrected chi connectivity index (χ2v) is 3.89. The number of aryl methyl sites for hydroxylation is 2. The number of unbranched alkanes of at least 4 members (excludes halogenated alkanes) is 1. The Labute approximate surface area is 81.0 Å². The van der Waals surface area contributed by atoms with Crippen LogP contribution in [0.25, 0.3) is 0 Å². The molecule has 0 N–H and O–H groups in total. The first kappa shape index (κ1) is 10.3. The lowest BCUT2D eigenvalue weighted by atomic mass is 9.96. The Morgan fingerprint density at radius 3 is 2.69 bits per heavy atom. The fraction of sp³-hybridized carbons (Fsp3) is 0.727. The Balaban J connectivity index is 2.64. The summed E-state index contributed by atoms with van der Waals surface area (Å²) in [6.45, 7) is 6.63. The van der Waals surface area contributed by atoms with Crippen molar-refractivity contribution in [2.24, 2.45) is 7.05 Å². The van der Waals surface area contributed by atoms with Crippen molar-refractivity contribution in [1.82, 2.24) is 9.78 Å². The predicted molar refractivity (Wildman–Crippen MR) is 55.9 cm³/mol. The fourth-order valence-electron chi connectivity index (χ4n) is 1.77. The molecule has 2 heteroatoms. The van der Waals surface area contributed by atoms with Crippen molar-refractivity contribution in [3.05, 3.63) is 17.5 Å². The number of hydrogen-bond donors (Lipinski definition) is 0. The first-order chi connectivity index (χ1) is 6.15. The zero-order chi connectivity index (χ0) is 9.84. The summed E-state index contributed by atoms with van der Waals surface area (Å²) in [5, 5.41) is 4.36. The zero-order valence-corrected chi connectivity index (χ0v) is 9.17. The van der Waals surface area contributed by atoms with Gasteiger partial charge in [0.15, 0.2) is 0 Å². The fourth-order valence-corrected chi connectivity index (χ4v) is 1.77. The molecule has 1 atom stereocenters. The van der Waals surface area contributed by atoms with Gasteiger partial charge in [-0.25, -0.2) is 0 Å².